The molecule has 1 amide bonds. The van der Waals surface area contributed by atoms with Gasteiger partial charge < -0.3 is 10.4 Å². The topological polar surface area (TPSA) is 61.7 Å². The summed E-state index contributed by atoms with van der Waals surface area (Å²) in [6, 6.07) is 20.8. The molecule has 0 radical (unpaired) electrons. The van der Waals surface area contributed by atoms with Gasteiger partial charge in [-0.15, -0.1) is 0 Å². The normalized spacial score (nSPS) is 12.4. The van der Waals surface area contributed by atoms with Gasteiger partial charge in [-0.3, -0.25) is 4.79 Å². The lowest BCUT2D eigenvalue weighted by atomic mass is 10.0. The van der Waals surface area contributed by atoms with Gasteiger partial charge in [-0.2, -0.15) is 0 Å². The van der Waals surface area contributed by atoms with Gasteiger partial charge in [0.15, 0.2) is 0 Å². The Bertz CT molecular complexity index is 1080. The minimum absolute atomic E-state index is 0.0921. The first-order chi connectivity index (χ1) is 13.7. The Kier molecular flexibility index (Phi) is 5.17. The molecule has 3 aromatic rings. The molecule has 1 aliphatic heterocycles. The highest BCUT2D eigenvalue weighted by molar-refractivity contribution is 7.99. The number of aromatic hydroxyl groups is 1. The van der Waals surface area contributed by atoms with Crippen LogP contribution in [0.5, 0.6) is 5.75 Å². The Balaban J connectivity index is 1.85. The van der Waals surface area contributed by atoms with Crippen molar-refractivity contribution in [3.05, 3.63) is 83.4 Å². The lowest BCUT2D eigenvalue weighted by Crippen LogP contribution is -2.23. The zero-order valence-corrected chi connectivity index (χ0v) is 16.3. The molecule has 140 valence electrons. The molecule has 0 unspecified atom stereocenters. The first kappa shape index (κ1) is 18.3. The van der Waals surface area contributed by atoms with Gasteiger partial charge in [-0.25, -0.2) is 4.99 Å². The van der Waals surface area contributed by atoms with Crippen LogP contribution in [0.3, 0.4) is 0 Å². The number of aliphatic imine (C=N–C) groups is 1. The minimum atomic E-state index is -0.0921. The van der Waals surface area contributed by atoms with E-state index in [-0.39, 0.29) is 11.7 Å². The van der Waals surface area contributed by atoms with Crippen molar-refractivity contribution in [3.8, 4) is 5.75 Å². The number of benzene rings is 3. The van der Waals surface area contributed by atoms with Crippen LogP contribution in [-0.4, -0.2) is 23.3 Å². The van der Waals surface area contributed by atoms with Gasteiger partial charge in [0.05, 0.1) is 11.4 Å². The van der Waals surface area contributed by atoms with E-state index in [0.717, 1.165) is 38.7 Å². The highest BCUT2D eigenvalue weighted by atomic mass is 32.2. The molecule has 0 saturated carbocycles. The van der Waals surface area contributed by atoms with E-state index in [4.69, 9.17) is 4.99 Å². The molecule has 1 heterocycles. The van der Waals surface area contributed by atoms with Crippen molar-refractivity contribution in [1.82, 2.24) is 5.32 Å². The number of rotatable bonds is 4. The highest BCUT2D eigenvalue weighted by Gasteiger charge is 2.20. The van der Waals surface area contributed by atoms with Crippen LogP contribution in [0.1, 0.15) is 34.8 Å². The molecule has 5 heteroatoms. The zero-order chi connectivity index (χ0) is 19.5. The largest absolute Gasteiger partial charge is 0.508 e. The third-order valence-electron chi connectivity index (χ3n) is 4.47. The van der Waals surface area contributed by atoms with E-state index in [1.807, 2.05) is 55.5 Å². The van der Waals surface area contributed by atoms with E-state index in [1.54, 1.807) is 23.9 Å². The summed E-state index contributed by atoms with van der Waals surface area (Å²) in [4.78, 5) is 19.4. The fraction of sp³-hybridized carbons (Fsp3) is 0.130. The molecule has 0 saturated heterocycles. The summed E-state index contributed by atoms with van der Waals surface area (Å²) in [6.45, 7) is 2.67. The number of amides is 1. The standard InChI is InChI=1S/C23H20N2O2S/c1-2-12-24-23(27)16-10-11-21-19(14-16)25-22(15-6-5-7-17(26)13-15)18-8-3-4-9-20(18)28-21/h3-11,13-14,26H,2,12H2,1H3,(H,24,27). The summed E-state index contributed by atoms with van der Waals surface area (Å²) in [7, 11) is 0. The second-order valence-corrected chi connectivity index (χ2v) is 7.63. The maximum absolute atomic E-state index is 12.4. The maximum Gasteiger partial charge on any atom is 0.251 e. The van der Waals surface area contributed by atoms with E-state index >= 15 is 0 Å². The van der Waals surface area contributed by atoms with Gasteiger partial charge in [0.25, 0.3) is 5.91 Å². The second kappa shape index (κ2) is 7.90. The van der Waals surface area contributed by atoms with Crippen molar-refractivity contribution in [1.29, 1.82) is 0 Å². The number of nitrogens with one attached hydrogen (secondary N) is 1. The quantitative estimate of drug-likeness (QED) is 0.507. The molecule has 4 nitrogen and oxygen atoms in total. The smallest absolute Gasteiger partial charge is 0.251 e. The molecule has 0 aromatic heterocycles. The Morgan fingerprint density at radius 2 is 1.89 bits per heavy atom. The maximum atomic E-state index is 12.4. The summed E-state index contributed by atoms with van der Waals surface area (Å²) in [6.07, 6.45) is 0.891. The molecule has 4 rings (SSSR count). The van der Waals surface area contributed by atoms with Crippen molar-refractivity contribution in [2.24, 2.45) is 4.99 Å². The third kappa shape index (κ3) is 3.66. The number of carbonyl (C=O) groups excluding carboxylic acids is 1. The average molecular weight is 388 g/mol. The van der Waals surface area contributed by atoms with Gasteiger partial charge in [0.1, 0.15) is 5.75 Å². The molecule has 3 aromatic carbocycles. The average Bonchev–Trinajstić information content (AvgIpc) is 2.88. The van der Waals surface area contributed by atoms with Gasteiger partial charge >= 0.3 is 0 Å². The second-order valence-electron chi connectivity index (χ2n) is 6.55. The first-order valence-corrected chi connectivity index (χ1v) is 10.0. The van der Waals surface area contributed by atoms with Crippen LogP contribution in [0.15, 0.2) is 81.5 Å². The Morgan fingerprint density at radius 3 is 2.71 bits per heavy atom. The van der Waals surface area contributed by atoms with E-state index in [1.165, 1.54) is 0 Å². The summed E-state index contributed by atoms with van der Waals surface area (Å²) in [5.41, 5.74) is 3.97. The SMILES string of the molecule is CCCNC(=O)c1ccc2c(c1)N=C(c1cccc(O)c1)c1ccccc1S2. The lowest BCUT2D eigenvalue weighted by molar-refractivity contribution is 0.0953. The van der Waals surface area contributed by atoms with Crippen LogP contribution >= 0.6 is 11.8 Å². The molecule has 0 bridgehead atoms. The number of fused-ring (bicyclic) bond motifs is 2. The van der Waals surface area contributed by atoms with E-state index in [9.17, 15) is 9.90 Å². The van der Waals surface area contributed by atoms with Crippen LogP contribution in [-0.2, 0) is 0 Å². The molecule has 0 atom stereocenters. The lowest BCUT2D eigenvalue weighted by Gasteiger charge is -2.09. The summed E-state index contributed by atoms with van der Waals surface area (Å²) < 4.78 is 0. The van der Waals surface area contributed by atoms with Gasteiger partial charge in [0.2, 0.25) is 0 Å². The molecule has 2 N–H and O–H groups in total. The molecule has 0 aliphatic carbocycles. The van der Waals surface area contributed by atoms with Crippen molar-refractivity contribution >= 4 is 29.1 Å². The van der Waals surface area contributed by atoms with Crippen molar-refractivity contribution < 1.29 is 9.90 Å². The molecule has 0 spiro atoms. The highest BCUT2D eigenvalue weighted by Crippen LogP contribution is 2.41. The van der Waals surface area contributed by atoms with Crippen LogP contribution in [0.2, 0.25) is 0 Å². The van der Waals surface area contributed by atoms with Crippen LogP contribution in [0.4, 0.5) is 5.69 Å². The Morgan fingerprint density at radius 1 is 1.04 bits per heavy atom. The molecular weight excluding hydrogens is 368 g/mol. The summed E-state index contributed by atoms with van der Waals surface area (Å²) in [5, 5.41) is 12.9. The van der Waals surface area contributed by atoms with Crippen molar-refractivity contribution in [3.63, 3.8) is 0 Å². The summed E-state index contributed by atoms with van der Waals surface area (Å²) >= 11 is 1.64. The molecular formula is C23H20N2O2S. The Labute approximate surface area is 168 Å². The fourth-order valence-electron chi connectivity index (χ4n) is 3.10. The van der Waals surface area contributed by atoms with Crippen molar-refractivity contribution in [2.75, 3.05) is 6.54 Å². The third-order valence-corrected chi connectivity index (χ3v) is 5.61. The Hall–Kier alpha value is -3.05. The molecule has 28 heavy (non-hydrogen) atoms. The fourth-order valence-corrected chi connectivity index (χ4v) is 4.10. The number of hydrogen-bond acceptors (Lipinski definition) is 4. The predicted molar refractivity (Wildman–Crippen MR) is 113 cm³/mol. The summed E-state index contributed by atoms with van der Waals surface area (Å²) in [5.74, 6) is 0.105. The van der Waals surface area contributed by atoms with Crippen LogP contribution in [0.25, 0.3) is 0 Å². The van der Waals surface area contributed by atoms with E-state index in [0.29, 0.717) is 12.1 Å². The number of nitrogens with zero attached hydrogens (tertiary/aromatic N) is 1. The van der Waals surface area contributed by atoms with Crippen molar-refractivity contribution in [2.45, 2.75) is 23.1 Å². The van der Waals surface area contributed by atoms with Gasteiger partial charge in [-0.1, -0.05) is 49.0 Å². The molecule has 0 fully saturated rings. The van der Waals surface area contributed by atoms with Gasteiger partial charge in [-0.05, 0) is 42.8 Å². The van der Waals surface area contributed by atoms with Gasteiger partial charge in [0, 0.05) is 33.0 Å². The zero-order valence-electron chi connectivity index (χ0n) is 15.5. The number of carbonyl (C=O) groups is 1. The van der Waals surface area contributed by atoms with E-state index < -0.39 is 0 Å². The number of phenolic OH excluding ortho intramolecular Hbond substituents is 1. The van der Waals surface area contributed by atoms with E-state index in [2.05, 4.69) is 11.4 Å². The first-order valence-electron chi connectivity index (χ1n) is 9.23. The molecule has 1 aliphatic rings. The number of hydrogen-bond donors (Lipinski definition) is 2. The monoisotopic (exact) mass is 388 g/mol. The predicted octanol–water partition coefficient (Wildman–Crippen LogP) is 5.17. The van der Waals surface area contributed by atoms with Crippen LogP contribution < -0.4 is 5.32 Å². The number of phenols is 1. The van der Waals surface area contributed by atoms with Crippen LogP contribution in [0, 0.1) is 0 Å². The minimum Gasteiger partial charge on any atom is -0.508 e.